The highest BCUT2D eigenvalue weighted by Gasteiger charge is 2.27. The summed E-state index contributed by atoms with van der Waals surface area (Å²) in [4.78, 5) is 25.4. The summed E-state index contributed by atoms with van der Waals surface area (Å²) in [6, 6.07) is 4.03. The predicted molar refractivity (Wildman–Crippen MR) is 128 cm³/mol. The summed E-state index contributed by atoms with van der Waals surface area (Å²) in [6.45, 7) is 10.5. The number of carbonyl (C=O) groups is 1. The van der Waals surface area contributed by atoms with Crippen molar-refractivity contribution in [2.75, 3.05) is 38.6 Å². The van der Waals surface area contributed by atoms with Crippen molar-refractivity contribution in [3.8, 4) is 0 Å². The first-order valence-electron chi connectivity index (χ1n) is 9.83. The minimum atomic E-state index is -0.493. The smallest absolute Gasteiger partial charge is 0.407 e. The maximum atomic E-state index is 12.0. The molecule has 164 valence electrons. The third-order valence-corrected chi connectivity index (χ3v) is 4.23. The van der Waals surface area contributed by atoms with E-state index in [1.807, 2.05) is 51.9 Å². The van der Waals surface area contributed by atoms with Crippen molar-refractivity contribution in [2.24, 2.45) is 4.99 Å². The number of anilines is 1. The SMILES string of the molecule is CCNC(=NCc1cccnc1N(C)C)N1CCC(NC(=O)OC(C)(C)C)C1.I. The monoisotopic (exact) mass is 518 g/mol. The zero-order valence-electron chi connectivity index (χ0n) is 18.4. The molecule has 1 atom stereocenters. The fourth-order valence-electron chi connectivity index (χ4n) is 3.09. The van der Waals surface area contributed by atoms with Crippen LogP contribution in [0.5, 0.6) is 0 Å². The molecule has 0 bridgehead atoms. The van der Waals surface area contributed by atoms with Crippen molar-refractivity contribution in [1.29, 1.82) is 0 Å². The number of aromatic nitrogens is 1. The van der Waals surface area contributed by atoms with Gasteiger partial charge in [0.15, 0.2) is 5.96 Å². The van der Waals surface area contributed by atoms with Gasteiger partial charge in [0.05, 0.1) is 12.6 Å². The van der Waals surface area contributed by atoms with Crippen LogP contribution in [0.15, 0.2) is 23.3 Å². The highest BCUT2D eigenvalue weighted by Crippen LogP contribution is 2.16. The van der Waals surface area contributed by atoms with Gasteiger partial charge in [-0.2, -0.15) is 0 Å². The first kappa shape index (κ1) is 25.3. The molecule has 1 aliphatic rings. The van der Waals surface area contributed by atoms with E-state index in [1.165, 1.54) is 0 Å². The van der Waals surface area contributed by atoms with E-state index >= 15 is 0 Å². The van der Waals surface area contributed by atoms with Gasteiger partial charge in [-0.05, 0) is 40.2 Å². The van der Waals surface area contributed by atoms with E-state index in [0.29, 0.717) is 13.1 Å². The Kier molecular flexibility index (Phi) is 9.94. The number of nitrogens with zero attached hydrogens (tertiary/aromatic N) is 4. The van der Waals surface area contributed by atoms with Crippen LogP contribution < -0.4 is 15.5 Å². The third kappa shape index (κ3) is 8.23. The lowest BCUT2D eigenvalue weighted by atomic mass is 10.2. The summed E-state index contributed by atoms with van der Waals surface area (Å²) < 4.78 is 5.36. The van der Waals surface area contributed by atoms with E-state index in [4.69, 9.17) is 9.73 Å². The van der Waals surface area contributed by atoms with Crippen LogP contribution in [0.3, 0.4) is 0 Å². The van der Waals surface area contributed by atoms with Crippen LogP contribution >= 0.6 is 24.0 Å². The molecule has 1 saturated heterocycles. The number of halogens is 1. The Morgan fingerprint density at radius 1 is 1.41 bits per heavy atom. The average Bonchev–Trinajstić information content (AvgIpc) is 3.05. The molecular formula is C20H35IN6O2. The molecule has 1 fully saturated rings. The Morgan fingerprint density at radius 2 is 2.14 bits per heavy atom. The van der Waals surface area contributed by atoms with Crippen molar-refractivity contribution in [2.45, 2.75) is 52.3 Å². The summed E-state index contributed by atoms with van der Waals surface area (Å²) in [6.07, 6.45) is 2.29. The maximum Gasteiger partial charge on any atom is 0.407 e. The van der Waals surface area contributed by atoms with Crippen LogP contribution in [0.25, 0.3) is 0 Å². The molecule has 0 radical (unpaired) electrons. The number of guanidine groups is 1. The first-order valence-corrected chi connectivity index (χ1v) is 9.83. The zero-order valence-corrected chi connectivity index (χ0v) is 20.7. The number of hydrogen-bond donors (Lipinski definition) is 2. The highest BCUT2D eigenvalue weighted by atomic mass is 127. The number of hydrogen-bond acceptors (Lipinski definition) is 5. The number of alkyl carbamates (subject to hydrolysis) is 1. The molecule has 1 aromatic heterocycles. The fraction of sp³-hybridized carbons (Fsp3) is 0.650. The van der Waals surface area contributed by atoms with Gasteiger partial charge < -0.3 is 25.2 Å². The number of likely N-dealkylation sites (tertiary alicyclic amines) is 1. The first-order chi connectivity index (χ1) is 13.2. The average molecular weight is 518 g/mol. The number of rotatable bonds is 5. The Bertz CT molecular complexity index is 690. The Morgan fingerprint density at radius 3 is 2.76 bits per heavy atom. The molecule has 8 nitrogen and oxygen atoms in total. The normalized spacial score (nSPS) is 16.8. The summed E-state index contributed by atoms with van der Waals surface area (Å²) in [5.41, 5.74) is 0.581. The molecule has 1 aromatic rings. The second kappa shape index (κ2) is 11.4. The minimum Gasteiger partial charge on any atom is -0.444 e. The third-order valence-electron chi connectivity index (χ3n) is 4.23. The molecule has 2 rings (SSSR count). The van der Waals surface area contributed by atoms with Crippen molar-refractivity contribution in [3.05, 3.63) is 23.9 Å². The second-order valence-corrected chi connectivity index (χ2v) is 8.13. The number of carbonyl (C=O) groups excluding carboxylic acids is 1. The number of aliphatic imine (C=N–C) groups is 1. The summed E-state index contributed by atoms with van der Waals surface area (Å²) in [5, 5.41) is 6.31. The number of ether oxygens (including phenoxy) is 1. The zero-order chi connectivity index (χ0) is 20.7. The van der Waals surface area contributed by atoms with Gasteiger partial charge in [0.25, 0.3) is 0 Å². The van der Waals surface area contributed by atoms with E-state index < -0.39 is 5.60 Å². The van der Waals surface area contributed by atoms with Crippen LogP contribution in [-0.2, 0) is 11.3 Å². The molecule has 2 N–H and O–H groups in total. The van der Waals surface area contributed by atoms with Crippen molar-refractivity contribution in [1.82, 2.24) is 20.5 Å². The van der Waals surface area contributed by atoms with E-state index in [1.54, 1.807) is 6.20 Å². The van der Waals surface area contributed by atoms with E-state index in [9.17, 15) is 4.79 Å². The molecule has 0 aliphatic carbocycles. The van der Waals surface area contributed by atoms with Gasteiger partial charge in [-0.1, -0.05) is 6.07 Å². The predicted octanol–water partition coefficient (Wildman–Crippen LogP) is 2.83. The molecule has 1 aliphatic heterocycles. The standard InChI is InChI=1S/C20H34N6O2.HI/c1-7-21-18(23-13-15-9-8-11-22-17(15)25(5)6)26-12-10-16(14-26)24-19(27)28-20(2,3)4;/h8-9,11,16H,7,10,12-14H2,1-6H3,(H,21,23)(H,24,27);1H. The Labute approximate surface area is 191 Å². The van der Waals surface area contributed by atoms with E-state index in [0.717, 1.165) is 36.9 Å². The second-order valence-electron chi connectivity index (χ2n) is 8.13. The van der Waals surface area contributed by atoms with Gasteiger partial charge in [0.1, 0.15) is 11.4 Å². The van der Waals surface area contributed by atoms with Crippen LogP contribution in [0.4, 0.5) is 10.6 Å². The lowest BCUT2D eigenvalue weighted by Crippen LogP contribution is -2.44. The molecule has 1 amide bonds. The molecule has 0 spiro atoms. The maximum absolute atomic E-state index is 12.0. The van der Waals surface area contributed by atoms with Crippen molar-refractivity contribution in [3.63, 3.8) is 0 Å². The van der Waals surface area contributed by atoms with Crippen molar-refractivity contribution < 1.29 is 9.53 Å². The summed E-state index contributed by atoms with van der Waals surface area (Å²) >= 11 is 0. The van der Waals surface area contributed by atoms with Gasteiger partial charge in [0.2, 0.25) is 0 Å². The molecule has 0 saturated carbocycles. The summed E-state index contributed by atoms with van der Waals surface area (Å²) in [5.74, 6) is 1.78. The van der Waals surface area contributed by atoms with Gasteiger partial charge in [-0.3, -0.25) is 0 Å². The highest BCUT2D eigenvalue weighted by molar-refractivity contribution is 14.0. The van der Waals surface area contributed by atoms with Crippen LogP contribution in [0.1, 0.15) is 39.7 Å². The molecular weight excluding hydrogens is 483 g/mol. The largest absolute Gasteiger partial charge is 0.444 e. The van der Waals surface area contributed by atoms with Gasteiger partial charge in [0, 0.05) is 45.5 Å². The fourth-order valence-corrected chi connectivity index (χ4v) is 3.09. The lowest BCUT2D eigenvalue weighted by Gasteiger charge is -2.23. The molecule has 2 heterocycles. The molecule has 9 heteroatoms. The van der Waals surface area contributed by atoms with Gasteiger partial charge >= 0.3 is 6.09 Å². The van der Waals surface area contributed by atoms with E-state index in [-0.39, 0.29) is 36.1 Å². The summed E-state index contributed by atoms with van der Waals surface area (Å²) in [7, 11) is 3.96. The minimum absolute atomic E-state index is 0. The van der Waals surface area contributed by atoms with Gasteiger partial charge in [-0.15, -0.1) is 24.0 Å². The lowest BCUT2D eigenvalue weighted by molar-refractivity contribution is 0.0507. The van der Waals surface area contributed by atoms with Crippen LogP contribution in [-0.4, -0.2) is 67.3 Å². The van der Waals surface area contributed by atoms with E-state index in [2.05, 4.69) is 27.4 Å². The number of amides is 1. The van der Waals surface area contributed by atoms with Gasteiger partial charge in [-0.25, -0.2) is 14.8 Å². The number of nitrogens with one attached hydrogen (secondary N) is 2. The number of pyridine rings is 1. The topological polar surface area (TPSA) is 82.1 Å². The Balaban J connectivity index is 0.00000420. The quantitative estimate of drug-likeness (QED) is 0.355. The Hall–Kier alpha value is -1.78. The molecule has 29 heavy (non-hydrogen) atoms. The molecule has 1 unspecified atom stereocenters. The van der Waals surface area contributed by atoms with Crippen LogP contribution in [0.2, 0.25) is 0 Å². The van der Waals surface area contributed by atoms with Crippen molar-refractivity contribution >= 4 is 41.8 Å². The molecule has 0 aromatic carbocycles. The van der Waals surface area contributed by atoms with Crippen LogP contribution in [0, 0.1) is 0 Å².